The molecular weight excluding hydrogens is 304 g/mol. The summed E-state index contributed by atoms with van der Waals surface area (Å²) in [6.45, 7) is 0. The van der Waals surface area contributed by atoms with E-state index in [0.29, 0.717) is 18.2 Å². The molecule has 2 rings (SSSR count). The van der Waals surface area contributed by atoms with Crippen molar-refractivity contribution in [3.05, 3.63) is 56.0 Å². The third kappa shape index (κ3) is 2.91. The number of aromatic amines is 1. The highest BCUT2D eigenvalue weighted by atomic mass is 19.4. The van der Waals surface area contributed by atoms with E-state index in [9.17, 15) is 35.9 Å². The Kier molecular flexibility index (Phi) is 3.31. The second-order valence-corrected chi connectivity index (χ2v) is 4.13. The number of hydrogen-bond donors (Lipinski definition) is 1. The lowest BCUT2D eigenvalue weighted by Crippen LogP contribution is -2.22. The van der Waals surface area contributed by atoms with Crippen molar-refractivity contribution in [1.29, 1.82) is 0 Å². The minimum Gasteiger partial charge on any atom is -0.319 e. The normalized spacial score (nSPS) is 12.7. The lowest BCUT2D eigenvalue weighted by atomic mass is 10.0. The molecule has 0 aliphatic rings. The van der Waals surface area contributed by atoms with Crippen molar-refractivity contribution in [2.45, 2.75) is 12.4 Å². The van der Waals surface area contributed by atoms with Crippen molar-refractivity contribution >= 4 is 10.9 Å². The van der Waals surface area contributed by atoms with Crippen LogP contribution < -0.4 is 11.0 Å². The topological polar surface area (TPSA) is 49.9 Å². The van der Waals surface area contributed by atoms with Crippen molar-refractivity contribution < 1.29 is 26.3 Å². The van der Waals surface area contributed by atoms with E-state index in [1.807, 2.05) is 0 Å². The van der Waals surface area contributed by atoms with E-state index in [2.05, 4.69) is 0 Å². The fraction of sp³-hybridized carbons (Fsp3) is 0.167. The Bertz CT molecular complexity index is 819. The third-order valence-electron chi connectivity index (χ3n) is 2.69. The fourth-order valence-corrected chi connectivity index (χ4v) is 1.75. The molecule has 0 amide bonds. The summed E-state index contributed by atoms with van der Waals surface area (Å²) in [5, 5.41) is -0.699. The van der Waals surface area contributed by atoms with Gasteiger partial charge in [0.25, 0.3) is 5.56 Å². The van der Waals surface area contributed by atoms with Crippen LogP contribution in [0.5, 0.6) is 0 Å². The van der Waals surface area contributed by atoms with Gasteiger partial charge >= 0.3 is 12.4 Å². The van der Waals surface area contributed by atoms with Gasteiger partial charge < -0.3 is 4.98 Å². The number of hydrogen-bond acceptors (Lipinski definition) is 2. The quantitative estimate of drug-likeness (QED) is 0.601. The Balaban J connectivity index is 3.03. The standard InChI is InChI=1S/C12H5F6NO2/c13-11(14,15)5-3-7(12(16,17)18)6-1-2-9(20)10(21)19-8(6)4-5/h1-4H,(H,19,20,21). The molecule has 0 bridgehead atoms. The summed E-state index contributed by atoms with van der Waals surface area (Å²) in [6, 6.07) is 1.53. The Labute approximate surface area is 111 Å². The highest BCUT2D eigenvalue weighted by Gasteiger charge is 2.38. The Morgan fingerprint density at radius 3 is 2.00 bits per heavy atom. The van der Waals surface area contributed by atoms with E-state index in [4.69, 9.17) is 0 Å². The molecule has 1 aromatic carbocycles. The molecule has 0 fully saturated rings. The van der Waals surface area contributed by atoms with Crippen LogP contribution in [-0.4, -0.2) is 4.98 Å². The van der Waals surface area contributed by atoms with Crippen LogP contribution in [0, 0.1) is 0 Å². The fourth-order valence-electron chi connectivity index (χ4n) is 1.75. The molecule has 0 saturated carbocycles. The highest BCUT2D eigenvalue weighted by Crippen LogP contribution is 2.38. The molecule has 0 saturated heterocycles. The number of nitrogens with one attached hydrogen (secondary N) is 1. The number of H-pyrrole nitrogens is 1. The second kappa shape index (κ2) is 4.61. The number of aromatic nitrogens is 1. The van der Waals surface area contributed by atoms with Crippen LogP contribution in [0.4, 0.5) is 26.3 Å². The van der Waals surface area contributed by atoms with Crippen molar-refractivity contribution in [1.82, 2.24) is 4.98 Å². The molecule has 0 unspecified atom stereocenters. The molecule has 9 heteroatoms. The van der Waals surface area contributed by atoms with Crippen LogP contribution in [0.2, 0.25) is 0 Å². The first-order chi connectivity index (χ1) is 9.50. The van der Waals surface area contributed by atoms with Gasteiger partial charge in [-0.25, -0.2) is 0 Å². The van der Waals surface area contributed by atoms with Gasteiger partial charge in [-0.15, -0.1) is 0 Å². The summed E-state index contributed by atoms with van der Waals surface area (Å²) in [6.07, 6.45) is -10.1. The van der Waals surface area contributed by atoms with Crippen molar-refractivity contribution in [3.8, 4) is 0 Å². The molecule has 112 valence electrons. The molecule has 1 N–H and O–H groups in total. The number of rotatable bonds is 0. The van der Waals surface area contributed by atoms with Crippen molar-refractivity contribution in [3.63, 3.8) is 0 Å². The molecule has 1 aromatic heterocycles. The van der Waals surface area contributed by atoms with Crippen LogP contribution in [0.3, 0.4) is 0 Å². The maximum absolute atomic E-state index is 12.9. The van der Waals surface area contributed by atoms with Crippen LogP contribution >= 0.6 is 0 Å². The van der Waals surface area contributed by atoms with E-state index in [-0.39, 0.29) is 6.07 Å². The molecule has 0 spiro atoms. The molecule has 0 aliphatic heterocycles. The summed E-state index contributed by atoms with van der Waals surface area (Å²) in [5.74, 6) is 0. The predicted octanol–water partition coefficient (Wildman–Crippen LogP) is 2.93. The SMILES string of the molecule is O=c1ccc2c(C(F)(F)F)cc(C(F)(F)F)cc2[nH]c1=O. The number of alkyl halides is 6. The van der Waals surface area contributed by atoms with Gasteiger partial charge in [0.05, 0.1) is 11.1 Å². The zero-order valence-corrected chi connectivity index (χ0v) is 9.89. The lowest BCUT2D eigenvalue weighted by Gasteiger charge is -2.13. The van der Waals surface area contributed by atoms with E-state index in [1.165, 1.54) is 0 Å². The van der Waals surface area contributed by atoms with E-state index >= 15 is 0 Å². The van der Waals surface area contributed by atoms with Gasteiger partial charge in [-0.05, 0) is 24.3 Å². The summed E-state index contributed by atoms with van der Waals surface area (Å²) in [7, 11) is 0. The lowest BCUT2D eigenvalue weighted by molar-refractivity contribution is -0.142. The van der Waals surface area contributed by atoms with Gasteiger partial charge in [0.15, 0.2) is 0 Å². The maximum Gasteiger partial charge on any atom is 0.417 e. The molecular formula is C12H5F6NO2. The summed E-state index contributed by atoms with van der Waals surface area (Å²) >= 11 is 0. The van der Waals surface area contributed by atoms with Crippen molar-refractivity contribution in [2.24, 2.45) is 0 Å². The second-order valence-electron chi connectivity index (χ2n) is 4.13. The smallest absolute Gasteiger partial charge is 0.319 e. The van der Waals surface area contributed by atoms with Crippen LogP contribution in [0.1, 0.15) is 11.1 Å². The molecule has 0 atom stereocenters. The van der Waals surface area contributed by atoms with Gasteiger partial charge in [-0.2, -0.15) is 26.3 Å². The van der Waals surface area contributed by atoms with Gasteiger partial charge in [0.1, 0.15) is 0 Å². The van der Waals surface area contributed by atoms with Crippen LogP contribution in [0.15, 0.2) is 33.9 Å². The zero-order valence-electron chi connectivity index (χ0n) is 9.89. The number of halogens is 6. The predicted molar refractivity (Wildman–Crippen MR) is 60.8 cm³/mol. The first-order valence-electron chi connectivity index (χ1n) is 5.36. The van der Waals surface area contributed by atoms with Gasteiger partial charge in [-0.3, -0.25) is 9.59 Å². The number of benzene rings is 1. The maximum atomic E-state index is 12.9. The van der Waals surface area contributed by atoms with Gasteiger partial charge in [0.2, 0.25) is 5.43 Å². The largest absolute Gasteiger partial charge is 0.417 e. The monoisotopic (exact) mass is 309 g/mol. The summed E-state index contributed by atoms with van der Waals surface area (Å²) in [5.41, 5.74) is -6.34. The van der Waals surface area contributed by atoms with E-state index in [0.717, 1.165) is 0 Å². The molecule has 2 aromatic rings. The zero-order chi connectivity index (χ0) is 16.0. The minimum absolute atomic E-state index is 0.0644. The summed E-state index contributed by atoms with van der Waals surface area (Å²) < 4.78 is 76.5. The molecule has 1 heterocycles. The molecule has 21 heavy (non-hydrogen) atoms. The van der Waals surface area contributed by atoms with Crippen molar-refractivity contribution in [2.75, 3.05) is 0 Å². The summed E-state index contributed by atoms with van der Waals surface area (Å²) in [4.78, 5) is 24.1. The number of fused-ring (bicyclic) bond motifs is 1. The average molecular weight is 309 g/mol. The molecule has 0 radical (unpaired) electrons. The van der Waals surface area contributed by atoms with Gasteiger partial charge in [-0.1, -0.05) is 0 Å². The average Bonchev–Trinajstić information content (AvgIpc) is 2.46. The molecule has 0 aliphatic carbocycles. The third-order valence-corrected chi connectivity index (χ3v) is 2.69. The van der Waals surface area contributed by atoms with E-state index < -0.39 is 45.4 Å². The highest BCUT2D eigenvalue weighted by molar-refractivity contribution is 5.83. The van der Waals surface area contributed by atoms with Crippen LogP contribution in [0.25, 0.3) is 10.9 Å². The Hall–Kier alpha value is -2.32. The molecule has 3 nitrogen and oxygen atoms in total. The first kappa shape index (κ1) is 15.1. The first-order valence-corrected chi connectivity index (χ1v) is 5.36. The Morgan fingerprint density at radius 2 is 1.48 bits per heavy atom. The Morgan fingerprint density at radius 1 is 0.857 bits per heavy atom. The minimum atomic E-state index is -5.08. The van der Waals surface area contributed by atoms with Gasteiger partial charge in [0, 0.05) is 10.9 Å². The van der Waals surface area contributed by atoms with Crippen LogP contribution in [-0.2, 0) is 12.4 Å². The van der Waals surface area contributed by atoms with E-state index in [1.54, 1.807) is 4.98 Å².